The van der Waals surface area contributed by atoms with Gasteiger partial charge in [0.2, 0.25) is 11.8 Å². The molecule has 2 aliphatic heterocycles. The molecular weight excluding hydrogens is 402 g/mol. The second kappa shape index (κ2) is 9.13. The Labute approximate surface area is 179 Å². The number of hydrogen-bond acceptors (Lipinski definition) is 6. The van der Waals surface area contributed by atoms with Crippen molar-refractivity contribution in [2.45, 2.75) is 45.6 Å². The van der Waals surface area contributed by atoms with Gasteiger partial charge in [0.1, 0.15) is 0 Å². The van der Waals surface area contributed by atoms with Gasteiger partial charge in [-0.1, -0.05) is 30.5 Å². The molecule has 2 saturated heterocycles. The van der Waals surface area contributed by atoms with Crippen LogP contribution < -0.4 is 0 Å². The van der Waals surface area contributed by atoms with Crippen molar-refractivity contribution in [1.82, 2.24) is 23.7 Å². The Balaban J connectivity index is 1.38. The minimum absolute atomic E-state index is 0.0564. The van der Waals surface area contributed by atoms with Crippen LogP contribution in [0.4, 0.5) is 0 Å². The molecule has 3 heterocycles. The number of piperazine rings is 1. The van der Waals surface area contributed by atoms with Crippen LogP contribution in [0.15, 0.2) is 28.7 Å². The molecule has 9 heteroatoms. The second-order valence-electron chi connectivity index (χ2n) is 8.25. The molecule has 8 nitrogen and oxygen atoms in total. The fourth-order valence-corrected chi connectivity index (χ4v) is 5.88. The Bertz CT molecular complexity index is 945. The van der Waals surface area contributed by atoms with E-state index in [-0.39, 0.29) is 6.04 Å². The van der Waals surface area contributed by atoms with Crippen molar-refractivity contribution in [3.05, 3.63) is 35.7 Å². The first-order valence-electron chi connectivity index (χ1n) is 10.8. The summed E-state index contributed by atoms with van der Waals surface area (Å²) in [7, 11) is -3.37. The number of aromatic nitrogens is 2. The molecule has 0 aliphatic carbocycles. The van der Waals surface area contributed by atoms with E-state index in [1.54, 1.807) is 8.61 Å². The lowest BCUT2D eigenvalue weighted by molar-refractivity contribution is 0.126. The minimum Gasteiger partial charge on any atom is -0.419 e. The highest BCUT2D eigenvalue weighted by molar-refractivity contribution is 7.86. The van der Waals surface area contributed by atoms with Crippen molar-refractivity contribution in [3.63, 3.8) is 0 Å². The van der Waals surface area contributed by atoms with E-state index >= 15 is 0 Å². The highest BCUT2D eigenvalue weighted by atomic mass is 32.2. The predicted octanol–water partition coefficient (Wildman–Crippen LogP) is 2.84. The van der Waals surface area contributed by atoms with Gasteiger partial charge in [0.25, 0.3) is 10.2 Å². The van der Waals surface area contributed by atoms with Crippen LogP contribution in [0.1, 0.15) is 50.1 Å². The average molecular weight is 434 g/mol. The summed E-state index contributed by atoms with van der Waals surface area (Å²) in [4.78, 5) is 2.21. The monoisotopic (exact) mass is 433 g/mol. The van der Waals surface area contributed by atoms with Crippen molar-refractivity contribution < 1.29 is 12.8 Å². The summed E-state index contributed by atoms with van der Waals surface area (Å²) in [6, 6.07) is 7.93. The van der Waals surface area contributed by atoms with Gasteiger partial charge in [0.15, 0.2) is 0 Å². The van der Waals surface area contributed by atoms with E-state index < -0.39 is 10.2 Å². The van der Waals surface area contributed by atoms with Crippen molar-refractivity contribution >= 4 is 10.2 Å². The van der Waals surface area contributed by atoms with Crippen molar-refractivity contribution in [2.24, 2.45) is 0 Å². The fraction of sp³-hybridized carbons (Fsp3) is 0.619. The molecule has 1 aromatic carbocycles. The van der Waals surface area contributed by atoms with Gasteiger partial charge in [-0.05, 0) is 38.8 Å². The lowest BCUT2D eigenvalue weighted by Gasteiger charge is -2.38. The van der Waals surface area contributed by atoms with E-state index in [4.69, 9.17) is 4.42 Å². The smallest absolute Gasteiger partial charge is 0.282 e. The summed E-state index contributed by atoms with van der Waals surface area (Å²) in [5.74, 6) is 1.08. The van der Waals surface area contributed by atoms with E-state index in [1.165, 1.54) is 0 Å². The first kappa shape index (κ1) is 21.4. The zero-order valence-electron chi connectivity index (χ0n) is 17.8. The molecule has 0 saturated carbocycles. The van der Waals surface area contributed by atoms with Gasteiger partial charge in [-0.25, -0.2) is 0 Å². The number of benzene rings is 1. The number of aryl methyl sites for hydroxylation is 1. The molecule has 1 atom stereocenters. The maximum atomic E-state index is 13.0. The van der Waals surface area contributed by atoms with Crippen LogP contribution in [0.25, 0.3) is 11.5 Å². The zero-order chi connectivity index (χ0) is 21.1. The quantitative estimate of drug-likeness (QED) is 0.721. The third-order valence-electron chi connectivity index (χ3n) is 6.10. The Hall–Kier alpha value is -1.81. The van der Waals surface area contributed by atoms with Gasteiger partial charge in [-0.15, -0.1) is 10.2 Å². The summed E-state index contributed by atoms with van der Waals surface area (Å²) in [5.41, 5.74) is 2.05. The number of hydrogen-bond donors (Lipinski definition) is 0. The van der Waals surface area contributed by atoms with Gasteiger partial charge in [0.05, 0.1) is 6.04 Å². The summed E-state index contributed by atoms with van der Waals surface area (Å²) >= 11 is 0. The largest absolute Gasteiger partial charge is 0.419 e. The van der Waals surface area contributed by atoms with Crippen molar-refractivity contribution in [2.75, 3.05) is 39.3 Å². The van der Waals surface area contributed by atoms with Gasteiger partial charge in [-0.3, -0.25) is 4.90 Å². The molecule has 0 radical (unpaired) electrons. The molecule has 2 aliphatic rings. The molecule has 2 aromatic rings. The molecule has 0 amide bonds. The summed E-state index contributed by atoms with van der Waals surface area (Å²) < 4.78 is 35.3. The Kier molecular flexibility index (Phi) is 6.52. The molecule has 0 bridgehead atoms. The van der Waals surface area contributed by atoms with E-state index in [1.807, 2.05) is 38.1 Å². The highest BCUT2D eigenvalue weighted by Crippen LogP contribution is 2.26. The standard InChI is InChI=1S/C21H31N5O3S/c1-17-8-7-9-19(16-17)21-23-22-20(29-21)18(2)24-12-14-26(15-13-24)30(27,28)25-10-5-3-4-6-11-25/h7-9,16,18H,3-6,10-15H2,1-2H3/t18-/m0/s1. The molecule has 0 N–H and O–H groups in total. The maximum Gasteiger partial charge on any atom is 0.282 e. The van der Waals surface area contributed by atoms with Crippen LogP contribution in [0.3, 0.4) is 0 Å². The van der Waals surface area contributed by atoms with E-state index in [0.29, 0.717) is 51.0 Å². The summed E-state index contributed by atoms with van der Waals surface area (Å²) in [6.45, 7) is 7.62. The van der Waals surface area contributed by atoms with Crippen LogP contribution in [-0.2, 0) is 10.2 Å². The van der Waals surface area contributed by atoms with E-state index in [9.17, 15) is 8.42 Å². The van der Waals surface area contributed by atoms with E-state index in [0.717, 1.165) is 36.8 Å². The van der Waals surface area contributed by atoms with E-state index in [2.05, 4.69) is 15.1 Å². The first-order chi connectivity index (χ1) is 14.4. The number of rotatable bonds is 5. The zero-order valence-corrected chi connectivity index (χ0v) is 18.6. The molecule has 0 spiro atoms. The average Bonchev–Trinajstić information content (AvgIpc) is 3.08. The highest BCUT2D eigenvalue weighted by Gasteiger charge is 2.34. The molecule has 1 aromatic heterocycles. The van der Waals surface area contributed by atoms with Crippen LogP contribution in [0.5, 0.6) is 0 Å². The molecule has 4 rings (SSSR count). The first-order valence-corrected chi connectivity index (χ1v) is 12.2. The van der Waals surface area contributed by atoms with Crippen molar-refractivity contribution in [3.8, 4) is 11.5 Å². The Morgan fingerprint density at radius 3 is 2.27 bits per heavy atom. The molecule has 0 unspecified atom stereocenters. The van der Waals surface area contributed by atoms with Crippen molar-refractivity contribution in [1.29, 1.82) is 0 Å². The third-order valence-corrected chi connectivity index (χ3v) is 8.14. The molecule has 164 valence electrons. The van der Waals surface area contributed by atoms with Gasteiger partial charge >= 0.3 is 0 Å². The predicted molar refractivity (Wildman–Crippen MR) is 115 cm³/mol. The van der Waals surface area contributed by atoms with Crippen LogP contribution in [0.2, 0.25) is 0 Å². The van der Waals surface area contributed by atoms with Crippen LogP contribution in [-0.4, -0.2) is 71.4 Å². The summed E-state index contributed by atoms with van der Waals surface area (Å²) in [6.07, 6.45) is 4.14. The Morgan fingerprint density at radius 2 is 1.60 bits per heavy atom. The molecule has 2 fully saturated rings. The number of nitrogens with zero attached hydrogens (tertiary/aromatic N) is 5. The third kappa shape index (κ3) is 4.59. The molecule has 30 heavy (non-hydrogen) atoms. The van der Waals surface area contributed by atoms with Crippen LogP contribution >= 0.6 is 0 Å². The van der Waals surface area contributed by atoms with Gasteiger partial charge in [-0.2, -0.15) is 17.0 Å². The lowest BCUT2D eigenvalue weighted by Crippen LogP contribution is -2.53. The van der Waals surface area contributed by atoms with Gasteiger partial charge in [0, 0.05) is 44.8 Å². The molecular formula is C21H31N5O3S. The fourth-order valence-electron chi connectivity index (χ4n) is 4.21. The van der Waals surface area contributed by atoms with Gasteiger partial charge < -0.3 is 4.42 Å². The second-order valence-corrected chi connectivity index (χ2v) is 10.2. The maximum absolute atomic E-state index is 13.0. The topological polar surface area (TPSA) is 82.8 Å². The minimum atomic E-state index is -3.37. The Morgan fingerprint density at radius 1 is 0.933 bits per heavy atom. The van der Waals surface area contributed by atoms with Crippen LogP contribution in [0, 0.1) is 6.92 Å². The normalized spacial score (nSPS) is 21.4. The SMILES string of the molecule is Cc1cccc(-c2nnc([C@H](C)N3CCN(S(=O)(=O)N4CCCCCC4)CC3)o2)c1. The lowest BCUT2D eigenvalue weighted by atomic mass is 10.1. The summed E-state index contributed by atoms with van der Waals surface area (Å²) in [5, 5.41) is 8.46.